The molecule has 5 heteroatoms. The molecule has 66 valence electrons. The van der Waals surface area contributed by atoms with Gasteiger partial charge < -0.3 is 0 Å². The zero-order chi connectivity index (χ0) is 9.35. The van der Waals surface area contributed by atoms with Crippen LogP contribution < -0.4 is 0 Å². The average Bonchev–Trinajstić information content (AvgIpc) is 1.83. The number of hydrogen-bond acceptors (Lipinski definition) is 2. The highest BCUT2D eigenvalue weighted by molar-refractivity contribution is 9.47. The normalized spacial score (nSPS) is 11.6. The van der Waals surface area contributed by atoms with Crippen LogP contribution >= 0.6 is 26.4 Å². The Hall–Kier alpha value is -0.0600. The predicted molar refractivity (Wildman–Crippen MR) is 52.3 cm³/mol. The molecule has 0 radical (unpaired) electrons. The fourth-order valence-electron chi connectivity index (χ4n) is 0.804. The Bertz CT molecular complexity index is 400. The van der Waals surface area contributed by atoms with Crippen LogP contribution in [0.25, 0.3) is 0 Å². The minimum atomic E-state index is -3.37. The average molecular weight is 270 g/mol. The zero-order valence-corrected chi connectivity index (χ0v) is 9.37. The van der Waals surface area contributed by atoms with E-state index in [0.717, 1.165) is 5.56 Å². The Balaban J connectivity index is 3.39. The SMILES string of the molecule is Cc1ccc(S(=O)(=O)Br)c(Cl)c1. The Morgan fingerprint density at radius 2 is 2.00 bits per heavy atom. The van der Waals surface area contributed by atoms with E-state index in [4.69, 9.17) is 11.6 Å². The molecule has 0 aliphatic carbocycles. The molecule has 1 aromatic carbocycles. The van der Waals surface area contributed by atoms with Gasteiger partial charge in [0, 0.05) is 0 Å². The maximum atomic E-state index is 11.0. The first kappa shape index (κ1) is 10.0. The standard InChI is InChI=1S/C7H6BrClO2S/c1-5-2-3-7(6(9)4-5)12(8,10)11/h2-4H,1H3. The number of halogens is 2. The fourth-order valence-corrected chi connectivity index (χ4v) is 2.99. The van der Waals surface area contributed by atoms with Crippen LogP contribution in [0, 0.1) is 6.92 Å². The van der Waals surface area contributed by atoms with Gasteiger partial charge in [-0.15, -0.1) is 0 Å². The molecule has 1 rings (SSSR count). The highest BCUT2D eigenvalue weighted by atomic mass is 79.9. The van der Waals surface area contributed by atoms with Crippen molar-refractivity contribution < 1.29 is 8.42 Å². The third kappa shape index (κ3) is 2.21. The summed E-state index contributed by atoms with van der Waals surface area (Å²) in [6, 6.07) is 4.78. The summed E-state index contributed by atoms with van der Waals surface area (Å²) in [4.78, 5) is 0.106. The van der Waals surface area contributed by atoms with Gasteiger partial charge in [-0.05, 0) is 24.6 Å². The smallest absolute Gasteiger partial charge is 0.212 e. The van der Waals surface area contributed by atoms with Crippen molar-refractivity contribution in [3.05, 3.63) is 28.8 Å². The first-order chi connectivity index (χ1) is 5.41. The number of rotatable bonds is 1. The molecule has 0 aliphatic heterocycles. The van der Waals surface area contributed by atoms with Crippen molar-refractivity contribution in [2.24, 2.45) is 0 Å². The lowest BCUT2D eigenvalue weighted by Gasteiger charge is -2.00. The summed E-state index contributed by atoms with van der Waals surface area (Å²) in [5, 5.41) is 0.242. The van der Waals surface area contributed by atoms with Gasteiger partial charge >= 0.3 is 0 Å². The van der Waals surface area contributed by atoms with Crippen molar-refractivity contribution in [1.82, 2.24) is 0 Å². The van der Waals surface area contributed by atoms with Crippen LogP contribution in [0.4, 0.5) is 0 Å². The molecule has 1 aromatic rings. The summed E-state index contributed by atoms with van der Waals surface area (Å²) in [6.07, 6.45) is 0. The van der Waals surface area contributed by atoms with E-state index in [0.29, 0.717) is 0 Å². The molecule has 0 spiro atoms. The summed E-state index contributed by atoms with van der Waals surface area (Å²) in [7, 11) is -3.37. The first-order valence-corrected chi connectivity index (χ1v) is 6.82. The molecular formula is C7H6BrClO2S. The molecule has 12 heavy (non-hydrogen) atoms. The molecule has 0 heterocycles. The van der Waals surface area contributed by atoms with Gasteiger partial charge in [-0.1, -0.05) is 17.7 Å². The van der Waals surface area contributed by atoms with E-state index in [-0.39, 0.29) is 9.92 Å². The summed E-state index contributed by atoms with van der Waals surface area (Å²) in [6.45, 7) is 1.84. The van der Waals surface area contributed by atoms with Crippen LogP contribution in [0.15, 0.2) is 23.1 Å². The van der Waals surface area contributed by atoms with Crippen LogP contribution in [0.5, 0.6) is 0 Å². The van der Waals surface area contributed by atoms with Crippen LogP contribution in [0.3, 0.4) is 0 Å². The van der Waals surface area contributed by atoms with E-state index in [2.05, 4.69) is 14.8 Å². The highest BCUT2D eigenvalue weighted by Crippen LogP contribution is 2.26. The summed E-state index contributed by atoms with van der Waals surface area (Å²) in [5.74, 6) is 0. The lowest BCUT2D eigenvalue weighted by Crippen LogP contribution is -1.91. The van der Waals surface area contributed by atoms with Crippen LogP contribution in [-0.4, -0.2) is 8.42 Å². The third-order valence-electron chi connectivity index (χ3n) is 1.35. The van der Waals surface area contributed by atoms with Crippen LogP contribution in [0.2, 0.25) is 5.02 Å². The summed E-state index contributed by atoms with van der Waals surface area (Å²) < 4.78 is 22.0. The van der Waals surface area contributed by atoms with Gasteiger partial charge in [0.1, 0.15) is 0 Å². The van der Waals surface area contributed by atoms with E-state index in [1.165, 1.54) is 6.07 Å². The minimum absolute atomic E-state index is 0.106. The van der Waals surface area contributed by atoms with Gasteiger partial charge in [-0.2, -0.15) is 0 Å². The largest absolute Gasteiger partial charge is 0.238 e. The van der Waals surface area contributed by atoms with E-state index >= 15 is 0 Å². The Kier molecular flexibility index (Phi) is 2.81. The maximum absolute atomic E-state index is 11.0. The first-order valence-electron chi connectivity index (χ1n) is 3.12. The lowest BCUT2D eigenvalue weighted by atomic mass is 10.2. The molecule has 0 saturated heterocycles. The van der Waals surface area contributed by atoms with Gasteiger partial charge in [-0.25, -0.2) is 8.42 Å². The van der Waals surface area contributed by atoms with Gasteiger partial charge in [0.05, 0.1) is 24.7 Å². The maximum Gasteiger partial charge on any atom is 0.238 e. The second-order valence-electron chi connectivity index (χ2n) is 2.37. The summed E-state index contributed by atoms with van der Waals surface area (Å²) in [5.41, 5.74) is 0.930. The topological polar surface area (TPSA) is 34.1 Å². The second-order valence-corrected chi connectivity index (χ2v) is 6.65. The number of aryl methyl sites for hydroxylation is 1. The van der Waals surface area contributed by atoms with Crippen LogP contribution in [-0.2, 0) is 8.27 Å². The van der Waals surface area contributed by atoms with Crippen LogP contribution in [0.1, 0.15) is 5.56 Å². The van der Waals surface area contributed by atoms with E-state index in [1.54, 1.807) is 12.1 Å². The molecule has 0 aromatic heterocycles. The van der Waals surface area contributed by atoms with E-state index < -0.39 is 8.27 Å². The fraction of sp³-hybridized carbons (Fsp3) is 0.143. The predicted octanol–water partition coefficient (Wildman–Crippen LogP) is 2.73. The zero-order valence-electron chi connectivity index (χ0n) is 6.21. The van der Waals surface area contributed by atoms with Crippen molar-refractivity contribution in [2.75, 3.05) is 0 Å². The molecule has 0 aliphatic rings. The summed E-state index contributed by atoms with van der Waals surface area (Å²) >= 11 is 8.25. The molecule has 0 atom stereocenters. The van der Waals surface area contributed by atoms with Crippen molar-refractivity contribution in [1.29, 1.82) is 0 Å². The third-order valence-corrected chi connectivity index (χ3v) is 3.70. The van der Waals surface area contributed by atoms with Crippen molar-refractivity contribution in [3.63, 3.8) is 0 Å². The number of hydrogen-bond donors (Lipinski definition) is 0. The molecule has 0 bridgehead atoms. The molecule has 0 unspecified atom stereocenters. The van der Waals surface area contributed by atoms with Gasteiger partial charge in [0.2, 0.25) is 8.27 Å². The lowest BCUT2D eigenvalue weighted by molar-refractivity contribution is 0.611. The highest BCUT2D eigenvalue weighted by Gasteiger charge is 2.13. The number of benzene rings is 1. The monoisotopic (exact) mass is 268 g/mol. The van der Waals surface area contributed by atoms with Gasteiger partial charge in [0.25, 0.3) is 0 Å². The Morgan fingerprint density at radius 3 is 2.42 bits per heavy atom. The van der Waals surface area contributed by atoms with Crippen molar-refractivity contribution in [2.45, 2.75) is 11.8 Å². The van der Waals surface area contributed by atoms with Crippen molar-refractivity contribution >= 4 is 34.7 Å². The van der Waals surface area contributed by atoms with E-state index in [9.17, 15) is 8.42 Å². The van der Waals surface area contributed by atoms with Gasteiger partial charge in [0.15, 0.2) is 0 Å². The Morgan fingerprint density at radius 1 is 1.42 bits per heavy atom. The molecule has 0 fully saturated rings. The molecular weight excluding hydrogens is 263 g/mol. The molecule has 0 saturated carbocycles. The molecule has 0 N–H and O–H groups in total. The quantitative estimate of drug-likeness (QED) is 0.735. The Labute approximate surface area is 83.7 Å². The molecule has 2 nitrogen and oxygen atoms in total. The van der Waals surface area contributed by atoms with Gasteiger partial charge in [-0.3, -0.25) is 0 Å². The second kappa shape index (κ2) is 3.36. The van der Waals surface area contributed by atoms with Crippen molar-refractivity contribution in [3.8, 4) is 0 Å². The minimum Gasteiger partial charge on any atom is -0.212 e. The van der Waals surface area contributed by atoms with E-state index in [1.807, 2.05) is 6.92 Å². The molecule has 0 amide bonds.